The van der Waals surface area contributed by atoms with Crippen LogP contribution in [0.1, 0.15) is 5.56 Å². The topological polar surface area (TPSA) is 76.7 Å². The molecular formula is C19H16N6O. The number of fused-ring (bicyclic) bond motifs is 1. The van der Waals surface area contributed by atoms with Gasteiger partial charge in [-0.15, -0.1) is 0 Å². The number of hydrogen-bond donors (Lipinski definition) is 1. The molecule has 0 saturated carbocycles. The van der Waals surface area contributed by atoms with Crippen molar-refractivity contribution in [2.45, 2.75) is 0 Å². The predicted octanol–water partition coefficient (Wildman–Crippen LogP) is 3.25. The van der Waals surface area contributed by atoms with Crippen LogP contribution >= 0.6 is 0 Å². The molecular weight excluding hydrogens is 328 g/mol. The van der Waals surface area contributed by atoms with Gasteiger partial charge in [-0.1, -0.05) is 42.5 Å². The number of aromatic nitrogens is 4. The zero-order chi connectivity index (χ0) is 17.8. The molecule has 0 radical (unpaired) electrons. The van der Waals surface area contributed by atoms with E-state index in [4.69, 9.17) is 4.74 Å². The Balaban J connectivity index is 1.65. The van der Waals surface area contributed by atoms with Gasteiger partial charge in [-0.2, -0.15) is 19.7 Å². The number of ether oxygens (including phenoxy) is 1. The van der Waals surface area contributed by atoms with Gasteiger partial charge in [0.1, 0.15) is 12.1 Å². The SMILES string of the molecule is COc1cccc(/C=N/Nc2cc(-c3ccccc3)nc3ncnn23)c1. The van der Waals surface area contributed by atoms with Crippen molar-refractivity contribution in [1.82, 2.24) is 19.6 Å². The van der Waals surface area contributed by atoms with E-state index < -0.39 is 0 Å². The van der Waals surface area contributed by atoms with Crippen LogP contribution in [0, 0.1) is 0 Å². The van der Waals surface area contributed by atoms with Crippen molar-refractivity contribution in [2.75, 3.05) is 12.5 Å². The number of hydrogen-bond acceptors (Lipinski definition) is 6. The fourth-order valence-electron chi connectivity index (χ4n) is 2.54. The first kappa shape index (κ1) is 15.8. The van der Waals surface area contributed by atoms with Crippen molar-refractivity contribution in [3.05, 3.63) is 72.6 Å². The van der Waals surface area contributed by atoms with Crippen LogP contribution < -0.4 is 10.2 Å². The standard InChI is InChI=1S/C19H16N6O/c1-26-16-9-5-6-14(10-16)12-21-24-18-11-17(15-7-3-2-4-8-15)23-19-20-13-22-25(18)19/h2-13,24H,1H3/b21-12+. The van der Waals surface area contributed by atoms with E-state index in [1.165, 1.54) is 6.33 Å². The zero-order valence-corrected chi connectivity index (χ0v) is 14.1. The van der Waals surface area contributed by atoms with Crippen LogP contribution in [0.15, 0.2) is 72.1 Å². The van der Waals surface area contributed by atoms with Gasteiger partial charge in [0.2, 0.25) is 0 Å². The van der Waals surface area contributed by atoms with Crippen molar-refractivity contribution in [1.29, 1.82) is 0 Å². The molecule has 4 rings (SSSR count). The number of rotatable bonds is 5. The average Bonchev–Trinajstić information content (AvgIpc) is 3.18. The molecule has 7 nitrogen and oxygen atoms in total. The summed E-state index contributed by atoms with van der Waals surface area (Å²) in [5.74, 6) is 1.96. The third-order valence-corrected chi connectivity index (χ3v) is 3.81. The van der Waals surface area contributed by atoms with Gasteiger partial charge in [0.05, 0.1) is 19.0 Å². The smallest absolute Gasteiger partial charge is 0.254 e. The molecule has 2 aromatic heterocycles. The molecule has 1 N–H and O–H groups in total. The molecule has 0 aliphatic heterocycles. The van der Waals surface area contributed by atoms with Gasteiger partial charge in [0, 0.05) is 11.6 Å². The Morgan fingerprint density at radius 1 is 1.08 bits per heavy atom. The molecule has 7 heteroatoms. The number of nitrogens with zero attached hydrogens (tertiary/aromatic N) is 5. The summed E-state index contributed by atoms with van der Waals surface area (Å²) in [6.07, 6.45) is 3.18. The van der Waals surface area contributed by atoms with Crippen molar-refractivity contribution < 1.29 is 4.74 Å². The van der Waals surface area contributed by atoms with E-state index in [-0.39, 0.29) is 0 Å². The minimum atomic E-state index is 0.505. The fourth-order valence-corrected chi connectivity index (χ4v) is 2.54. The van der Waals surface area contributed by atoms with Crippen LogP contribution in [0.2, 0.25) is 0 Å². The maximum Gasteiger partial charge on any atom is 0.254 e. The van der Waals surface area contributed by atoms with E-state index in [9.17, 15) is 0 Å². The van der Waals surface area contributed by atoms with Gasteiger partial charge in [-0.05, 0) is 17.7 Å². The Hall–Kier alpha value is -3.74. The summed E-state index contributed by atoms with van der Waals surface area (Å²) in [4.78, 5) is 8.72. The molecule has 0 aliphatic carbocycles. The van der Waals surface area contributed by atoms with E-state index >= 15 is 0 Å². The molecule has 0 atom stereocenters. The third kappa shape index (κ3) is 3.23. The lowest BCUT2D eigenvalue weighted by molar-refractivity contribution is 0.415. The van der Waals surface area contributed by atoms with Gasteiger partial charge >= 0.3 is 0 Å². The molecule has 0 spiro atoms. The molecule has 0 aliphatic rings. The summed E-state index contributed by atoms with van der Waals surface area (Å²) in [7, 11) is 1.64. The van der Waals surface area contributed by atoms with Crippen molar-refractivity contribution in [3.63, 3.8) is 0 Å². The lowest BCUT2D eigenvalue weighted by atomic mass is 10.1. The summed E-state index contributed by atoms with van der Waals surface area (Å²) >= 11 is 0. The molecule has 0 amide bonds. The largest absolute Gasteiger partial charge is 0.497 e. The Kier molecular flexibility index (Phi) is 4.26. The summed E-state index contributed by atoms with van der Waals surface area (Å²) in [5, 5.41) is 8.50. The lowest BCUT2D eigenvalue weighted by Crippen LogP contribution is -2.02. The predicted molar refractivity (Wildman–Crippen MR) is 100 cm³/mol. The van der Waals surface area contributed by atoms with Crippen molar-refractivity contribution in [3.8, 4) is 17.0 Å². The Morgan fingerprint density at radius 2 is 1.96 bits per heavy atom. The van der Waals surface area contributed by atoms with Gasteiger partial charge in [-0.25, -0.2) is 4.98 Å². The quantitative estimate of drug-likeness (QED) is 0.444. The first-order valence-electron chi connectivity index (χ1n) is 8.03. The second kappa shape index (κ2) is 7.02. The highest BCUT2D eigenvalue weighted by atomic mass is 16.5. The van der Waals surface area contributed by atoms with Crippen LogP contribution in [0.5, 0.6) is 5.75 Å². The number of hydrazone groups is 1. The van der Waals surface area contributed by atoms with Crippen LogP contribution in [0.4, 0.5) is 5.82 Å². The van der Waals surface area contributed by atoms with Crippen molar-refractivity contribution >= 4 is 17.8 Å². The molecule has 4 aromatic rings. The highest BCUT2D eigenvalue weighted by molar-refractivity contribution is 5.80. The molecule has 0 saturated heterocycles. The number of nitrogens with one attached hydrogen (secondary N) is 1. The van der Waals surface area contributed by atoms with Crippen LogP contribution in [0.3, 0.4) is 0 Å². The molecule has 2 aromatic carbocycles. The van der Waals surface area contributed by atoms with E-state index in [2.05, 4.69) is 25.6 Å². The molecule has 128 valence electrons. The highest BCUT2D eigenvalue weighted by Gasteiger charge is 2.08. The third-order valence-electron chi connectivity index (χ3n) is 3.81. The van der Waals surface area contributed by atoms with Crippen LogP contribution in [-0.2, 0) is 0 Å². The molecule has 0 fully saturated rings. The van der Waals surface area contributed by atoms with Crippen molar-refractivity contribution in [2.24, 2.45) is 5.10 Å². The van der Waals surface area contributed by atoms with E-state index in [0.29, 0.717) is 11.6 Å². The Labute approximate surface area is 150 Å². The summed E-state index contributed by atoms with van der Waals surface area (Å²) in [6, 6.07) is 19.4. The highest BCUT2D eigenvalue weighted by Crippen LogP contribution is 2.21. The minimum absolute atomic E-state index is 0.505. The van der Waals surface area contributed by atoms with Gasteiger partial charge < -0.3 is 4.74 Å². The zero-order valence-electron chi connectivity index (χ0n) is 14.1. The lowest BCUT2D eigenvalue weighted by Gasteiger charge is -2.06. The first-order valence-corrected chi connectivity index (χ1v) is 8.03. The Bertz CT molecular complexity index is 1060. The molecule has 2 heterocycles. The summed E-state index contributed by atoms with van der Waals surface area (Å²) in [6.45, 7) is 0. The van der Waals surface area contributed by atoms with Gasteiger partial charge in [0.15, 0.2) is 5.82 Å². The summed E-state index contributed by atoms with van der Waals surface area (Å²) in [5.41, 5.74) is 5.73. The normalized spacial score (nSPS) is 11.1. The fraction of sp³-hybridized carbons (Fsp3) is 0.0526. The molecule has 0 unspecified atom stereocenters. The van der Waals surface area contributed by atoms with E-state index in [1.807, 2.05) is 60.7 Å². The number of benzene rings is 2. The first-order chi connectivity index (χ1) is 12.8. The van der Waals surface area contributed by atoms with E-state index in [1.54, 1.807) is 17.8 Å². The van der Waals surface area contributed by atoms with Crippen LogP contribution in [-0.4, -0.2) is 32.9 Å². The second-order valence-corrected chi connectivity index (χ2v) is 5.51. The van der Waals surface area contributed by atoms with Crippen LogP contribution in [0.25, 0.3) is 17.0 Å². The second-order valence-electron chi connectivity index (χ2n) is 5.51. The average molecular weight is 344 g/mol. The number of methoxy groups -OCH3 is 1. The number of anilines is 1. The Morgan fingerprint density at radius 3 is 2.81 bits per heavy atom. The monoisotopic (exact) mass is 344 g/mol. The minimum Gasteiger partial charge on any atom is -0.497 e. The molecule has 0 bridgehead atoms. The maximum atomic E-state index is 5.22. The van der Waals surface area contributed by atoms with Gasteiger partial charge in [0.25, 0.3) is 5.78 Å². The van der Waals surface area contributed by atoms with E-state index in [0.717, 1.165) is 22.6 Å². The summed E-state index contributed by atoms with van der Waals surface area (Å²) < 4.78 is 6.83. The maximum absolute atomic E-state index is 5.22. The molecule has 26 heavy (non-hydrogen) atoms. The van der Waals surface area contributed by atoms with Gasteiger partial charge in [-0.3, -0.25) is 5.43 Å².